The Bertz CT molecular complexity index is 517. The Morgan fingerprint density at radius 3 is 2.27 bits per heavy atom. The Morgan fingerprint density at radius 1 is 1.27 bits per heavy atom. The second kappa shape index (κ2) is 8.74. The average molecular weight is 366 g/mol. The third-order valence-corrected chi connectivity index (χ3v) is 6.35. The van der Waals surface area contributed by atoms with Crippen LogP contribution in [0, 0.1) is 5.41 Å². The lowest BCUT2D eigenvalue weighted by atomic mass is 9.82. The van der Waals surface area contributed by atoms with Crippen LogP contribution in [-0.2, 0) is 20.9 Å². The van der Waals surface area contributed by atoms with E-state index in [2.05, 4.69) is 5.09 Å². The molecule has 1 atom stereocenters. The van der Waals surface area contributed by atoms with E-state index in [-0.39, 0.29) is 12.6 Å². The number of halogens is 1. The lowest BCUT2D eigenvalue weighted by Gasteiger charge is -2.37. The maximum absolute atomic E-state index is 9.79. The molecule has 126 valence electrons. The zero-order chi connectivity index (χ0) is 16.8. The van der Waals surface area contributed by atoms with E-state index in [9.17, 15) is 5.11 Å². The summed E-state index contributed by atoms with van der Waals surface area (Å²) in [5.41, 5.74) is 0.389. The van der Waals surface area contributed by atoms with Gasteiger partial charge in [0.05, 0.1) is 19.8 Å². The lowest BCUT2D eigenvalue weighted by molar-refractivity contribution is 0.120. The topological polar surface area (TPSA) is 50.7 Å². The van der Waals surface area contributed by atoms with E-state index in [1.807, 2.05) is 52.0 Å². The van der Waals surface area contributed by atoms with Crippen LogP contribution in [0.2, 0.25) is 5.02 Å². The van der Waals surface area contributed by atoms with Gasteiger partial charge >= 0.3 is 0 Å². The fraction of sp³-hybridized carbons (Fsp3) is 0.600. The Balaban J connectivity index is 3.22. The van der Waals surface area contributed by atoms with Crippen molar-refractivity contribution in [3.63, 3.8) is 0 Å². The number of hydrogen-bond acceptors (Lipinski definition) is 4. The van der Waals surface area contributed by atoms with Crippen molar-refractivity contribution in [1.29, 1.82) is 0 Å². The van der Waals surface area contributed by atoms with Gasteiger partial charge in [-0.15, -0.1) is 0 Å². The van der Waals surface area contributed by atoms with Gasteiger partial charge in [-0.05, 0) is 37.3 Å². The summed E-state index contributed by atoms with van der Waals surface area (Å²) in [4.78, 5) is 0. The largest absolute Gasteiger partial charge is 0.396 e. The number of hydrogen-bond donors (Lipinski definition) is 2. The Morgan fingerprint density at radius 2 is 1.82 bits per heavy atom. The highest BCUT2D eigenvalue weighted by Crippen LogP contribution is 2.50. The molecule has 0 amide bonds. The van der Waals surface area contributed by atoms with Crippen LogP contribution in [0.25, 0.3) is 0 Å². The van der Waals surface area contributed by atoms with E-state index >= 15 is 0 Å². The van der Waals surface area contributed by atoms with Crippen molar-refractivity contribution in [2.45, 2.75) is 33.7 Å². The van der Waals surface area contributed by atoms with Crippen LogP contribution in [0.15, 0.2) is 24.3 Å². The summed E-state index contributed by atoms with van der Waals surface area (Å²) in [5, 5.41) is 13.7. The van der Waals surface area contributed by atoms with E-state index in [1.54, 1.807) is 0 Å². The minimum atomic E-state index is -2.66. The minimum Gasteiger partial charge on any atom is -0.396 e. The van der Waals surface area contributed by atoms with E-state index in [4.69, 9.17) is 32.5 Å². The third-order valence-electron chi connectivity index (χ3n) is 3.29. The first kappa shape index (κ1) is 20.0. The van der Waals surface area contributed by atoms with Crippen LogP contribution >= 0.6 is 18.2 Å². The van der Waals surface area contributed by atoms with Crippen LogP contribution in [0.4, 0.5) is 0 Å². The van der Waals surface area contributed by atoms with Crippen molar-refractivity contribution in [2.75, 3.05) is 19.8 Å². The summed E-state index contributed by atoms with van der Waals surface area (Å²) < 4.78 is 11.3. The molecule has 0 spiro atoms. The molecule has 0 fully saturated rings. The minimum absolute atomic E-state index is 0.0243. The highest BCUT2D eigenvalue weighted by atomic mass is 35.5. The first-order valence-corrected chi connectivity index (χ1v) is 10.3. The highest BCUT2D eigenvalue weighted by molar-refractivity contribution is 8.08. The molecule has 4 nitrogen and oxygen atoms in total. The fourth-order valence-corrected chi connectivity index (χ4v) is 4.98. The molecule has 0 unspecified atom stereocenters. The molecule has 0 saturated heterocycles. The molecular weight excluding hydrogens is 341 g/mol. The molecule has 0 aliphatic rings. The van der Waals surface area contributed by atoms with E-state index in [0.717, 1.165) is 5.56 Å². The zero-order valence-corrected chi connectivity index (χ0v) is 16.0. The molecule has 2 N–H and O–H groups in total. The van der Waals surface area contributed by atoms with Crippen molar-refractivity contribution >= 4 is 30.1 Å². The van der Waals surface area contributed by atoms with Gasteiger partial charge in [-0.25, -0.2) is 5.09 Å². The average Bonchev–Trinajstić information content (AvgIpc) is 2.46. The quantitative estimate of drug-likeness (QED) is 0.639. The van der Waals surface area contributed by atoms with Crippen molar-refractivity contribution < 1.29 is 14.2 Å². The fourth-order valence-electron chi connectivity index (χ4n) is 2.08. The summed E-state index contributed by atoms with van der Waals surface area (Å²) >= 11 is 11.9. The van der Waals surface area contributed by atoms with Gasteiger partial charge in [-0.3, -0.25) is 0 Å². The molecule has 0 bridgehead atoms. The van der Waals surface area contributed by atoms with Crippen LogP contribution in [0.1, 0.15) is 39.3 Å². The van der Waals surface area contributed by atoms with Gasteiger partial charge in [0.2, 0.25) is 0 Å². The summed E-state index contributed by atoms with van der Waals surface area (Å²) in [6.07, 6.45) is 0. The number of nitrogens with one attached hydrogen (secondary N) is 1. The molecule has 0 heterocycles. The second-order valence-electron chi connectivity index (χ2n) is 5.56. The second-order valence-corrected chi connectivity index (χ2v) is 9.18. The van der Waals surface area contributed by atoms with E-state index in [1.165, 1.54) is 0 Å². The standard InChI is InChI=1S/C15H25ClNO3PS/c1-5-19-21(22,20-6-2)17-14(15(3,4)11-18)12-9-7-8-10-13(12)16/h7-10,14,18H,5-6,11H2,1-4H3,(H,17,22)/t14-/m0/s1. The highest BCUT2D eigenvalue weighted by Gasteiger charge is 2.36. The molecular formula is C15H25ClNO3PS. The van der Waals surface area contributed by atoms with Crippen LogP contribution in [-0.4, -0.2) is 24.9 Å². The predicted octanol–water partition coefficient (Wildman–Crippen LogP) is 4.29. The van der Waals surface area contributed by atoms with Gasteiger partial charge in [0.15, 0.2) is 0 Å². The number of aliphatic hydroxyl groups is 1. The van der Waals surface area contributed by atoms with Crippen molar-refractivity contribution in [3.05, 3.63) is 34.9 Å². The SMILES string of the molecule is CCOP(=S)(N[C@@H](c1ccccc1Cl)C(C)(C)CO)OCC. The smallest absolute Gasteiger partial charge is 0.261 e. The Hall–Kier alpha value is -0.0000000000000000971. The van der Waals surface area contributed by atoms with Gasteiger partial charge in [-0.1, -0.05) is 43.6 Å². The molecule has 1 aromatic rings. The molecule has 1 aromatic carbocycles. The van der Waals surface area contributed by atoms with Crippen molar-refractivity contribution in [1.82, 2.24) is 5.09 Å². The molecule has 7 heteroatoms. The van der Waals surface area contributed by atoms with E-state index < -0.39 is 12.1 Å². The maximum Gasteiger partial charge on any atom is 0.261 e. The zero-order valence-electron chi connectivity index (χ0n) is 13.5. The molecule has 0 aromatic heterocycles. The van der Waals surface area contributed by atoms with Gasteiger partial charge in [0, 0.05) is 16.5 Å². The van der Waals surface area contributed by atoms with E-state index in [0.29, 0.717) is 18.2 Å². The summed E-state index contributed by atoms with van der Waals surface area (Å²) in [6.45, 7) is 5.89. The Kier molecular flexibility index (Phi) is 7.96. The summed E-state index contributed by atoms with van der Waals surface area (Å²) in [6, 6.07) is 7.25. The molecule has 0 saturated carbocycles. The van der Waals surface area contributed by atoms with Crippen LogP contribution in [0.5, 0.6) is 0 Å². The van der Waals surface area contributed by atoms with Crippen molar-refractivity contribution in [3.8, 4) is 0 Å². The number of benzene rings is 1. The lowest BCUT2D eigenvalue weighted by Crippen LogP contribution is -2.36. The number of aliphatic hydroxyl groups excluding tert-OH is 1. The first-order chi connectivity index (χ1) is 10.3. The first-order valence-electron chi connectivity index (χ1n) is 7.32. The monoisotopic (exact) mass is 365 g/mol. The molecule has 22 heavy (non-hydrogen) atoms. The summed E-state index contributed by atoms with van der Waals surface area (Å²) in [5.74, 6) is 0. The molecule has 1 rings (SSSR count). The Labute approximate surface area is 143 Å². The van der Waals surface area contributed by atoms with Gasteiger partial charge in [0.1, 0.15) is 0 Å². The van der Waals surface area contributed by atoms with Crippen LogP contribution in [0.3, 0.4) is 0 Å². The van der Waals surface area contributed by atoms with Gasteiger partial charge in [-0.2, -0.15) is 0 Å². The predicted molar refractivity (Wildman–Crippen MR) is 95.7 cm³/mol. The summed E-state index contributed by atoms with van der Waals surface area (Å²) in [7, 11) is 0. The van der Waals surface area contributed by atoms with Gasteiger partial charge < -0.3 is 14.2 Å². The molecule has 0 aliphatic carbocycles. The third kappa shape index (κ3) is 5.27. The molecule has 0 radical (unpaired) electrons. The normalized spacial score (nSPS) is 14.1. The maximum atomic E-state index is 9.79. The molecule has 0 aliphatic heterocycles. The van der Waals surface area contributed by atoms with Crippen molar-refractivity contribution in [2.24, 2.45) is 5.41 Å². The van der Waals surface area contributed by atoms with Gasteiger partial charge in [0.25, 0.3) is 6.64 Å². The number of rotatable bonds is 9. The van der Waals surface area contributed by atoms with Crippen LogP contribution < -0.4 is 5.09 Å².